The van der Waals surface area contributed by atoms with Gasteiger partial charge in [-0.05, 0) is 111 Å². The van der Waals surface area contributed by atoms with Crippen LogP contribution in [0.2, 0.25) is 5.02 Å². The second-order valence-electron chi connectivity index (χ2n) is 13.6. The lowest BCUT2D eigenvalue weighted by atomic mass is 9.52. The number of hydrogen-bond donors (Lipinski definition) is 3. The van der Waals surface area contributed by atoms with Gasteiger partial charge in [-0.2, -0.15) is 0 Å². The predicted octanol–water partition coefficient (Wildman–Crippen LogP) is 3.76. The van der Waals surface area contributed by atoms with E-state index in [0.717, 1.165) is 36.8 Å². The van der Waals surface area contributed by atoms with Crippen LogP contribution in [0.4, 0.5) is 0 Å². The van der Waals surface area contributed by atoms with Gasteiger partial charge < -0.3 is 20.7 Å². The second-order valence-corrected chi connectivity index (χ2v) is 14.1. The second kappa shape index (κ2) is 13.2. The number of unbranched alkanes of at least 4 members (excludes halogenated alkanes) is 1. The number of rotatable bonds is 9. The number of phenols is 1. The zero-order chi connectivity index (χ0) is 35.4. The fraction of sp³-hybridized carbons (Fsp3) is 0.395. The van der Waals surface area contributed by atoms with Gasteiger partial charge in [-0.1, -0.05) is 35.9 Å². The number of Topliss-reactive ketones (excluding diaryl/α,β-unsaturated/α-hetero) is 4. The average molecular weight is 687 g/mol. The van der Waals surface area contributed by atoms with E-state index in [1.807, 2.05) is 42.5 Å². The first-order chi connectivity index (χ1) is 23.3. The molecule has 0 heterocycles. The maximum atomic E-state index is 14.2. The Balaban J connectivity index is 1.35. The van der Waals surface area contributed by atoms with Crippen molar-refractivity contribution in [2.45, 2.75) is 50.2 Å². The molecule has 2 fully saturated rings. The normalized spacial score (nSPS) is 26.3. The predicted molar refractivity (Wildman–Crippen MR) is 181 cm³/mol. The maximum absolute atomic E-state index is 14.2. The van der Waals surface area contributed by atoms with E-state index < -0.39 is 64.4 Å². The highest BCUT2D eigenvalue weighted by molar-refractivity contribution is 6.32. The zero-order valence-corrected chi connectivity index (χ0v) is 28.3. The Bertz CT molecular complexity index is 1870. The van der Waals surface area contributed by atoms with Crippen molar-refractivity contribution in [2.75, 3.05) is 21.2 Å². The van der Waals surface area contributed by atoms with Crippen molar-refractivity contribution < 1.29 is 38.9 Å². The number of carbonyl (C=O) groups excluding carboxylic acids is 5. The molecule has 6 atom stereocenters. The van der Waals surface area contributed by atoms with Gasteiger partial charge in [0.25, 0.3) is 0 Å². The molecule has 49 heavy (non-hydrogen) atoms. The van der Waals surface area contributed by atoms with Gasteiger partial charge >= 0.3 is 0 Å². The third-order valence-corrected chi connectivity index (χ3v) is 10.8. The minimum Gasteiger partial charge on any atom is -0.507 e. The molecule has 4 N–H and O–H groups in total. The van der Waals surface area contributed by atoms with E-state index in [1.165, 1.54) is 16.5 Å². The van der Waals surface area contributed by atoms with Crippen molar-refractivity contribution >= 4 is 40.6 Å². The Morgan fingerprint density at radius 2 is 1.61 bits per heavy atom. The van der Waals surface area contributed by atoms with Crippen LogP contribution in [0, 0.1) is 23.7 Å². The number of halogens is 1. The summed E-state index contributed by atoms with van der Waals surface area (Å²) in [6.07, 6.45) is 3.74. The molecular weight excluding hydrogens is 648 g/mol. The maximum Gasteiger partial charge on any atom is 0.235 e. The number of ether oxygens (including phenoxy) is 1. The Hall–Kier alpha value is -4.38. The van der Waals surface area contributed by atoms with Crippen molar-refractivity contribution in [1.29, 1.82) is 0 Å². The standard InChI is InChI=1S/C38H39ClN2O8/c1-41(2)32-26-18-21-17-25-23(24-16-20(10-15-28(24)49-3)7-5-4-6-19-8-11-22(39)12-9-19)13-14-27(42)30(25)33(43)29(21)35(45)38(26,48)36(46)31(34(32)44)37(40)47/h8-16,21,26,29,31-32,42,48H,4-7,17-18H2,1-3H3,(H2,40,47)/t21-,26-,29?,31?,32-,38-/m1/s1. The van der Waals surface area contributed by atoms with Crippen molar-refractivity contribution in [3.05, 3.63) is 81.9 Å². The van der Waals surface area contributed by atoms with E-state index in [2.05, 4.69) is 0 Å². The molecule has 6 rings (SSSR count). The number of likely N-dealkylation sites (N-methyl/N-ethyl adjacent to an activating group) is 1. The number of phenolic OH excluding ortho intramolecular Hbond substituents is 1. The highest BCUT2D eigenvalue weighted by Crippen LogP contribution is 2.52. The highest BCUT2D eigenvalue weighted by atomic mass is 35.5. The number of aliphatic hydroxyl groups is 1. The first-order valence-corrected chi connectivity index (χ1v) is 16.8. The summed E-state index contributed by atoms with van der Waals surface area (Å²) in [6.45, 7) is 0. The first kappa shape index (κ1) is 34.5. The molecule has 10 nitrogen and oxygen atoms in total. The summed E-state index contributed by atoms with van der Waals surface area (Å²) in [6, 6.07) is 15.6. The topological polar surface area (TPSA) is 164 Å². The number of benzene rings is 3. The van der Waals surface area contributed by atoms with Crippen molar-refractivity contribution in [3.8, 4) is 22.6 Å². The molecule has 0 radical (unpaired) electrons. The number of ketones is 4. The van der Waals surface area contributed by atoms with Crippen LogP contribution >= 0.6 is 11.6 Å². The lowest BCUT2D eigenvalue weighted by Gasteiger charge is -2.52. The quantitative estimate of drug-likeness (QED) is 0.225. The molecule has 0 spiro atoms. The Kier molecular flexibility index (Phi) is 9.25. The fourth-order valence-corrected chi connectivity index (χ4v) is 8.41. The minimum absolute atomic E-state index is 0.0240. The summed E-state index contributed by atoms with van der Waals surface area (Å²) in [7, 11) is 4.67. The number of carbonyl (C=O) groups is 5. The molecule has 3 aliphatic rings. The molecule has 11 heteroatoms. The van der Waals surface area contributed by atoms with Gasteiger partial charge in [-0.15, -0.1) is 0 Å². The highest BCUT2D eigenvalue weighted by Gasteiger charge is 2.69. The summed E-state index contributed by atoms with van der Waals surface area (Å²) in [4.78, 5) is 69.0. The third-order valence-electron chi connectivity index (χ3n) is 10.6. The fourth-order valence-electron chi connectivity index (χ4n) is 8.29. The number of nitrogens with two attached hydrogens (primary N) is 1. The van der Waals surface area contributed by atoms with Gasteiger partial charge in [0.05, 0.1) is 24.6 Å². The average Bonchev–Trinajstić information content (AvgIpc) is 3.05. The number of primary amides is 1. The molecule has 3 aromatic carbocycles. The Morgan fingerprint density at radius 1 is 0.959 bits per heavy atom. The first-order valence-electron chi connectivity index (χ1n) is 16.4. The van der Waals surface area contributed by atoms with E-state index in [1.54, 1.807) is 27.3 Å². The zero-order valence-electron chi connectivity index (χ0n) is 27.6. The van der Waals surface area contributed by atoms with Gasteiger partial charge in [-0.3, -0.25) is 28.9 Å². The number of fused-ring (bicyclic) bond motifs is 3. The third kappa shape index (κ3) is 5.75. The van der Waals surface area contributed by atoms with Crippen LogP contribution in [0.25, 0.3) is 11.1 Å². The monoisotopic (exact) mass is 686 g/mol. The number of methoxy groups -OCH3 is 1. The molecule has 0 aliphatic heterocycles. The van der Waals surface area contributed by atoms with Crippen LogP contribution in [0.3, 0.4) is 0 Å². The smallest absolute Gasteiger partial charge is 0.235 e. The van der Waals surface area contributed by atoms with Crippen LogP contribution < -0.4 is 10.5 Å². The SMILES string of the molecule is COc1ccc(CCCCc2ccc(Cl)cc2)cc1-c1ccc(O)c2c1C[C@@H]1C[C@@H]3[C@@H](N(C)C)C(=O)C(C(N)=O)C(=O)[C@]3(O)C(=O)C1C2=O. The van der Waals surface area contributed by atoms with E-state index in [4.69, 9.17) is 22.1 Å². The van der Waals surface area contributed by atoms with Crippen molar-refractivity contribution in [2.24, 2.45) is 29.4 Å². The number of amides is 1. The number of nitrogens with zero attached hydrogens (tertiary/aromatic N) is 1. The summed E-state index contributed by atoms with van der Waals surface area (Å²) >= 11 is 6.01. The summed E-state index contributed by atoms with van der Waals surface area (Å²) in [5.74, 6) is -10.2. The van der Waals surface area contributed by atoms with E-state index in [9.17, 15) is 34.2 Å². The van der Waals surface area contributed by atoms with Gasteiger partial charge in [0.1, 0.15) is 11.5 Å². The van der Waals surface area contributed by atoms with Crippen LogP contribution in [-0.4, -0.2) is 77.0 Å². The van der Waals surface area contributed by atoms with Crippen LogP contribution in [0.1, 0.15) is 46.3 Å². The number of aryl methyl sites for hydroxylation is 2. The molecule has 3 aliphatic carbocycles. The van der Waals surface area contributed by atoms with E-state index in [-0.39, 0.29) is 24.2 Å². The van der Waals surface area contributed by atoms with Gasteiger partial charge in [0.2, 0.25) is 5.91 Å². The minimum atomic E-state index is -2.77. The molecular formula is C38H39ClN2O8. The lowest BCUT2D eigenvalue weighted by molar-refractivity contribution is -0.181. The molecule has 0 aromatic heterocycles. The molecule has 0 saturated heterocycles. The van der Waals surface area contributed by atoms with Crippen LogP contribution in [0.5, 0.6) is 11.5 Å². The number of hydrogen-bond acceptors (Lipinski definition) is 9. The van der Waals surface area contributed by atoms with Crippen molar-refractivity contribution in [3.63, 3.8) is 0 Å². The molecule has 3 aromatic rings. The lowest BCUT2D eigenvalue weighted by Crippen LogP contribution is -2.74. The van der Waals surface area contributed by atoms with Crippen LogP contribution in [-0.2, 0) is 38.4 Å². The van der Waals surface area contributed by atoms with Gasteiger partial charge in [0, 0.05) is 16.5 Å². The molecule has 256 valence electrons. The van der Waals surface area contributed by atoms with Crippen molar-refractivity contribution in [1.82, 2.24) is 4.90 Å². The summed E-state index contributed by atoms with van der Waals surface area (Å²) < 4.78 is 5.73. The molecule has 1 amide bonds. The molecule has 0 bridgehead atoms. The van der Waals surface area contributed by atoms with E-state index in [0.29, 0.717) is 21.9 Å². The van der Waals surface area contributed by atoms with Crippen LogP contribution in [0.15, 0.2) is 54.6 Å². The number of aromatic hydroxyl groups is 1. The van der Waals surface area contributed by atoms with Gasteiger partial charge in [0.15, 0.2) is 34.7 Å². The summed E-state index contributed by atoms with van der Waals surface area (Å²) in [5.41, 5.74) is 6.75. The Labute approximate surface area is 289 Å². The molecule has 2 unspecified atom stereocenters. The Morgan fingerprint density at radius 3 is 2.24 bits per heavy atom. The van der Waals surface area contributed by atoms with E-state index >= 15 is 0 Å². The van der Waals surface area contributed by atoms with Gasteiger partial charge in [-0.25, -0.2) is 0 Å². The summed E-state index contributed by atoms with van der Waals surface area (Å²) in [5, 5.41) is 23.5. The largest absolute Gasteiger partial charge is 0.507 e. The molecule has 2 saturated carbocycles.